The highest BCUT2D eigenvalue weighted by Gasteiger charge is 2.20. The van der Waals surface area contributed by atoms with Gasteiger partial charge in [-0.2, -0.15) is 4.37 Å². The third-order valence-electron chi connectivity index (χ3n) is 3.49. The lowest BCUT2D eigenvalue weighted by atomic mass is 10.1. The summed E-state index contributed by atoms with van der Waals surface area (Å²) in [5.74, 6) is -2.65. The van der Waals surface area contributed by atoms with Gasteiger partial charge in [0.2, 0.25) is 5.43 Å². The van der Waals surface area contributed by atoms with E-state index in [0.29, 0.717) is 5.82 Å². The SMILES string of the molecule is CCOC(=O)c1cn(-c2nscc2C)c2cc(F)c(F)cc2c1=O. The van der Waals surface area contributed by atoms with Gasteiger partial charge in [-0.25, -0.2) is 13.6 Å². The van der Waals surface area contributed by atoms with E-state index in [0.717, 1.165) is 17.7 Å². The summed E-state index contributed by atoms with van der Waals surface area (Å²) in [6.45, 7) is 3.48. The molecule has 0 unspecified atom stereocenters. The fraction of sp³-hybridized carbons (Fsp3) is 0.188. The average Bonchev–Trinajstić information content (AvgIpc) is 2.96. The molecule has 0 N–H and O–H groups in total. The predicted octanol–water partition coefficient (Wildman–Crippen LogP) is 3.21. The zero-order valence-electron chi connectivity index (χ0n) is 12.8. The lowest BCUT2D eigenvalue weighted by Crippen LogP contribution is -2.21. The number of aryl methyl sites for hydroxylation is 1. The van der Waals surface area contributed by atoms with Crippen LogP contribution in [0.25, 0.3) is 16.7 Å². The smallest absolute Gasteiger partial charge is 0.343 e. The summed E-state index contributed by atoms with van der Waals surface area (Å²) >= 11 is 1.17. The molecule has 24 heavy (non-hydrogen) atoms. The molecule has 0 saturated heterocycles. The molecular formula is C16H12F2N2O3S. The average molecular weight is 350 g/mol. The first kappa shape index (κ1) is 16.3. The highest BCUT2D eigenvalue weighted by molar-refractivity contribution is 7.03. The minimum atomic E-state index is -1.16. The van der Waals surface area contributed by atoms with Crippen LogP contribution in [0.5, 0.6) is 0 Å². The van der Waals surface area contributed by atoms with E-state index in [9.17, 15) is 18.4 Å². The number of ether oxygens (including phenoxy) is 1. The van der Waals surface area contributed by atoms with Crippen LogP contribution in [0.3, 0.4) is 0 Å². The number of hydrogen-bond donors (Lipinski definition) is 0. The van der Waals surface area contributed by atoms with Crippen molar-refractivity contribution in [2.75, 3.05) is 6.61 Å². The monoisotopic (exact) mass is 350 g/mol. The van der Waals surface area contributed by atoms with Crippen LogP contribution in [-0.2, 0) is 4.74 Å². The molecule has 1 aromatic carbocycles. The van der Waals surface area contributed by atoms with E-state index in [4.69, 9.17) is 4.74 Å². The summed E-state index contributed by atoms with van der Waals surface area (Å²) in [6, 6.07) is 1.70. The number of hydrogen-bond acceptors (Lipinski definition) is 5. The largest absolute Gasteiger partial charge is 0.462 e. The van der Waals surface area contributed by atoms with Crippen molar-refractivity contribution in [3.63, 3.8) is 0 Å². The number of rotatable bonds is 3. The molecule has 8 heteroatoms. The molecule has 0 atom stereocenters. The number of pyridine rings is 1. The highest BCUT2D eigenvalue weighted by atomic mass is 32.1. The van der Waals surface area contributed by atoms with E-state index in [-0.39, 0.29) is 23.1 Å². The Balaban J connectivity index is 2.43. The number of halogens is 2. The maximum atomic E-state index is 13.7. The Labute approximate surface area is 139 Å². The predicted molar refractivity (Wildman–Crippen MR) is 85.8 cm³/mol. The van der Waals surface area contributed by atoms with Crippen molar-refractivity contribution < 1.29 is 18.3 Å². The van der Waals surface area contributed by atoms with Crippen LogP contribution < -0.4 is 5.43 Å². The van der Waals surface area contributed by atoms with Crippen molar-refractivity contribution in [2.24, 2.45) is 0 Å². The quantitative estimate of drug-likeness (QED) is 0.681. The molecule has 0 spiro atoms. The van der Waals surface area contributed by atoms with E-state index in [1.807, 2.05) is 0 Å². The molecule has 2 aromatic heterocycles. The van der Waals surface area contributed by atoms with Gasteiger partial charge in [0.1, 0.15) is 5.56 Å². The first-order valence-corrected chi connectivity index (χ1v) is 7.90. The molecule has 124 valence electrons. The third-order valence-corrected chi connectivity index (χ3v) is 4.23. The molecule has 5 nitrogen and oxygen atoms in total. The van der Waals surface area contributed by atoms with Gasteiger partial charge in [0.15, 0.2) is 17.5 Å². The van der Waals surface area contributed by atoms with Crippen LogP contribution in [0.15, 0.2) is 28.5 Å². The molecule has 0 radical (unpaired) electrons. The van der Waals surface area contributed by atoms with Gasteiger partial charge in [0.05, 0.1) is 17.5 Å². The lowest BCUT2D eigenvalue weighted by Gasteiger charge is -2.12. The molecule has 0 amide bonds. The topological polar surface area (TPSA) is 61.2 Å². The minimum Gasteiger partial charge on any atom is -0.462 e. The van der Waals surface area contributed by atoms with Crippen molar-refractivity contribution in [3.05, 3.63) is 56.7 Å². The molecule has 3 rings (SSSR count). The number of carbonyl (C=O) groups excluding carboxylic acids is 1. The van der Waals surface area contributed by atoms with E-state index in [2.05, 4.69) is 4.37 Å². The fourth-order valence-corrected chi connectivity index (χ4v) is 3.01. The van der Waals surface area contributed by atoms with Gasteiger partial charge >= 0.3 is 5.97 Å². The molecule has 0 aliphatic heterocycles. The molecule has 0 aliphatic carbocycles. The number of benzene rings is 1. The maximum Gasteiger partial charge on any atom is 0.343 e. The summed E-state index contributed by atoms with van der Waals surface area (Å²) in [4.78, 5) is 24.5. The van der Waals surface area contributed by atoms with Gasteiger partial charge in [-0.15, -0.1) is 0 Å². The van der Waals surface area contributed by atoms with Crippen LogP contribution >= 0.6 is 11.5 Å². The normalized spacial score (nSPS) is 11.0. The van der Waals surface area contributed by atoms with Crippen LogP contribution in [0.1, 0.15) is 22.8 Å². The maximum absolute atomic E-state index is 13.7. The van der Waals surface area contributed by atoms with Crippen molar-refractivity contribution in [2.45, 2.75) is 13.8 Å². The number of nitrogens with zero attached hydrogens (tertiary/aromatic N) is 2. The number of aromatic nitrogens is 2. The zero-order chi connectivity index (χ0) is 17.4. The zero-order valence-corrected chi connectivity index (χ0v) is 13.6. The number of carbonyl (C=O) groups is 1. The molecule has 0 bridgehead atoms. The lowest BCUT2D eigenvalue weighted by molar-refractivity contribution is 0.0524. The molecule has 0 fully saturated rings. The van der Waals surface area contributed by atoms with Crippen molar-refractivity contribution in [1.82, 2.24) is 8.94 Å². The summed E-state index contributed by atoms with van der Waals surface area (Å²) in [7, 11) is 0. The third kappa shape index (κ3) is 2.58. The summed E-state index contributed by atoms with van der Waals surface area (Å²) < 4.78 is 37.8. The van der Waals surface area contributed by atoms with E-state index < -0.39 is 23.0 Å². The Hall–Kier alpha value is -2.61. The molecule has 0 saturated carbocycles. The molecule has 3 aromatic rings. The highest BCUT2D eigenvalue weighted by Crippen LogP contribution is 2.23. The van der Waals surface area contributed by atoms with Crippen molar-refractivity contribution >= 4 is 28.4 Å². The van der Waals surface area contributed by atoms with Crippen LogP contribution in [0, 0.1) is 18.6 Å². The van der Waals surface area contributed by atoms with Gasteiger partial charge in [-0.1, -0.05) is 0 Å². The first-order valence-electron chi connectivity index (χ1n) is 7.07. The Morgan fingerprint density at radius 3 is 2.67 bits per heavy atom. The van der Waals surface area contributed by atoms with Crippen LogP contribution in [0.2, 0.25) is 0 Å². The van der Waals surface area contributed by atoms with Gasteiger partial charge < -0.3 is 4.74 Å². The molecule has 2 heterocycles. The van der Waals surface area contributed by atoms with Crippen LogP contribution in [-0.4, -0.2) is 21.5 Å². The standard InChI is InChI=1S/C16H12F2N2O3S/c1-3-23-16(22)10-6-20(15-8(2)7-24-19-15)13-5-12(18)11(17)4-9(13)14(10)21/h4-7H,3H2,1-2H3. The second kappa shape index (κ2) is 6.12. The van der Waals surface area contributed by atoms with Gasteiger partial charge in [-0.3, -0.25) is 9.36 Å². The van der Waals surface area contributed by atoms with Gasteiger partial charge in [-0.05, 0) is 31.4 Å². The van der Waals surface area contributed by atoms with Crippen molar-refractivity contribution in [1.29, 1.82) is 0 Å². The molecule has 0 aliphatic rings. The summed E-state index contributed by atoms with van der Waals surface area (Å²) in [5, 5.41) is 1.65. The van der Waals surface area contributed by atoms with Crippen molar-refractivity contribution in [3.8, 4) is 5.82 Å². The fourth-order valence-electron chi connectivity index (χ4n) is 2.36. The first-order chi connectivity index (χ1) is 11.4. The van der Waals surface area contributed by atoms with Crippen LogP contribution in [0.4, 0.5) is 8.78 Å². The van der Waals surface area contributed by atoms with E-state index >= 15 is 0 Å². The minimum absolute atomic E-state index is 0.0871. The summed E-state index contributed by atoms with van der Waals surface area (Å²) in [5.41, 5.74) is -0.0836. The second-order valence-electron chi connectivity index (χ2n) is 5.07. The Morgan fingerprint density at radius 1 is 1.33 bits per heavy atom. The van der Waals surface area contributed by atoms with Gasteiger partial charge in [0, 0.05) is 23.2 Å². The number of esters is 1. The van der Waals surface area contributed by atoms with Gasteiger partial charge in [0.25, 0.3) is 0 Å². The number of fused-ring (bicyclic) bond motifs is 1. The van der Waals surface area contributed by atoms with E-state index in [1.54, 1.807) is 19.2 Å². The Kier molecular flexibility index (Phi) is 4.15. The van der Waals surface area contributed by atoms with E-state index in [1.165, 1.54) is 22.3 Å². The second-order valence-corrected chi connectivity index (χ2v) is 5.70. The Morgan fingerprint density at radius 2 is 2.04 bits per heavy atom. The molecular weight excluding hydrogens is 338 g/mol. The Bertz CT molecular complexity index is 1010. The summed E-state index contributed by atoms with van der Waals surface area (Å²) in [6.07, 6.45) is 1.25.